The Balaban J connectivity index is 2.10. The number of nitrogens with zero attached hydrogens (tertiary/aromatic N) is 2. The average Bonchev–Trinajstić information content (AvgIpc) is 2.86. The smallest absolute Gasteiger partial charge is 0.227 e. The summed E-state index contributed by atoms with van der Waals surface area (Å²) < 4.78 is 0. The van der Waals surface area contributed by atoms with Crippen LogP contribution >= 0.6 is 15.9 Å². The van der Waals surface area contributed by atoms with Gasteiger partial charge in [0.2, 0.25) is 5.91 Å². The molecule has 0 radical (unpaired) electrons. The van der Waals surface area contributed by atoms with Crippen molar-refractivity contribution in [1.82, 2.24) is 0 Å². The van der Waals surface area contributed by atoms with Crippen LogP contribution < -0.4 is 9.80 Å². The number of hydrogen-bond acceptors (Lipinski definition) is 3. The van der Waals surface area contributed by atoms with E-state index in [1.165, 1.54) is 0 Å². The van der Waals surface area contributed by atoms with Crippen LogP contribution in [0.5, 0.6) is 0 Å². The minimum absolute atomic E-state index is 0.146. The van der Waals surface area contributed by atoms with E-state index in [-0.39, 0.29) is 12.5 Å². The first kappa shape index (κ1) is 15.3. The topological polar surface area (TPSA) is 43.8 Å². The highest BCUT2D eigenvalue weighted by atomic mass is 79.9. The molecule has 1 fully saturated rings. The van der Waals surface area contributed by atoms with Crippen LogP contribution in [0, 0.1) is 5.92 Å². The van der Waals surface area contributed by atoms with Crippen LogP contribution in [0.2, 0.25) is 0 Å². The number of anilines is 2. The average molecular weight is 341 g/mol. The molecule has 0 spiro atoms. The molecule has 20 heavy (non-hydrogen) atoms. The second-order valence-electron chi connectivity index (χ2n) is 5.05. The van der Waals surface area contributed by atoms with Gasteiger partial charge in [-0.25, -0.2) is 0 Å². The molecule has 5 heteroatoms. The van der Waals surface area contributed by atoms with Crippen molar-refractivity contribution in [3.05, 3.63) is 24.3 Å². The summed E-state index contributed by atoms with van der Waals surface area (Å²) in [6.07, 6.45) is 0.624. The maximum Gasteiger partial charge on any atom is 0.227 e. The van der Waals surface area contributed by atoms with Gasteiger partial charge in [-0.1, -0.05) is 15.9 Å². The Bertz CT molecular complexity index is 450. The molecule has 1 amide bonds. The molecular formula is C15H21BrN2O2. The Kier molecular flexibility index (Phi) is 5.43. The first-order valence-electron chi connectivity index (χ1n) is 7.01. The van der Waals surface area contributed by atoms with Gasteiger partial charge in [0, 0.05) is 42.8 Å². The van der Waals surface area contributed by atoms with Crippen molar-refractivity contribution in [3.8, 4) is 0 Å². The number of aliphatic hydroxyl groups excluding tert-OH is 1. The normalized spacial score (nSPS) is 18.6. The summed E-state index contributed by atoms with van der Waals surface area (Å²) in [7, 11) is 0. The summed E-state index contributed by atoms with van der Waals surface area (Å²) in [6, 6.07) is 8.01. The molecule has 1 saturated heterocycles. The van der Waals surface area contributed by atoms with Gasteiger partial charge in [-0.2, -0.15) is 0 Å². The molecule has 110 valence electrons. The lowest BCUT2D eigenvalue weighted by molar-refractivity contribution is -0.117. The van der Waals surface area contributed by atoms with E-state index in [4.69, 9.17) is 5.11 Å². The zero-order chi connectivity index (χ0) is 14.5. The largest absolute Gasteiger partial charge is 0.395 e. The molecule has 0 saturated carbocycles. The van der Waals surface area contributed by atoms with Gasteiger partial charge in [0.25, 0.3) is 0 Å². The van der Waals surface area contributed by atoms with Crippen molar-refractivity contribution in [2.75, 3.05) is 41.4 Å². The van der Waals surface area contributed by atoms with Crippen LogP contribution in [0.1, 0.15) is 13.3 Å². The Morgan fingerprint density at radius 1 is 1.40 bits per heavy atom. The first-order chi connectivity index (χ1) is 9.69. The van der Waals surface area contributed by atoms with E-state index >= 15 is 0 Å². The van der Waals surface area contributed by atoms with Gasteiger partial charge in [-0.05, 0) is 37.1 Å². The van der Waals surface area contributed by atoms with Crippen LogP contribution in [-0.4, -0.2) is 42.6 Å². The zero-order valence-corrected chi connectivity index (χ0v) is 13.3. The van der Waals surface area contributed by atoms with E-state index in [1.54, 1.807) is 0 Å². The van der Waals surface area contributed by atoms with E-state index in [2.05, 4.69) is 27.8 Å². The number of amides is 1. The van der Waals surface area contributed by atoms with Gasteiger partial charge >= 0.3 is 0 Å². The van der Waals surface area contributed by atoms with Crippen molar-refractivity contribution >= 4 is 33.2 Å². The van der Waals surface area contributed by atoms with Gasteiger partial charge in [0.1, 0.15) is 0 Å². The molecule has 1 aromatic rings. The molecule has 2 rings (SSSR count). The number of carbonyl (C=O) groups excluding carboxylic acids is 1. The van der Waals surface area contributed by atoms with Crippen LogP contribution in [-0.2, 0) is 4.79 Å². The molecule has 1 aromatic carbocycles. The first-order valence-corrected chi connectivity index (χ1v) is 8.14. The van der Waals surface area contributed by atoms with E-state index in [1.807, 2.05) is 29.2 Å². The van der Waals surface area contributed by atoms with Crippen molar-refractivity contribution in [2.24, 2.45) is 5.92 Å². The highest BCUT2D eigenvalue weighted by Crippen LogP contribution is 2.27. The van der Waals surface area contributed by atoms with Gasteiger partial charge in [-0.15, -0.1) is 0 Å². The lowest BCUT2D eigenvalue weighted by Crippen LogP contribution is -2.27. The van der Waals surface area contributed by atoms with Crippen LogP contribution in [0.4, 0.5) is 11.4 Å². The maximum atomic E-state index is 12.0. The molecule has 1 unspecified atom stereocenters. The van der Waals surface area contributed by atoms with E-state index in [0.717, 1.165) is 29.8 Å². The SMILES string of the molecule is CCN(CCO)c1ccc(N2CC(CBr)CC2=O)cc1. The Morgan fingerprint density at radius 2 is 2.10 bits per heavy atom. The monoisotopic (exact) mass is 340 g/mol. The summed E-state index contributed by atoms with van der Waals surface area (Å²) in [5.74, 6) is 0.605. The van der Waals surface area contributed by atoms with Crippen molar-refractivity contribution in [3.63, 3.8) is 0 Å². The summed E-state index contributed by atoms with van der Waals surface area (Å²) in [4.78, 5) is 16.0. The predicted molar refractivity (Wildman–Crippen MR) is 85.7 cm³/mol. The van der Waals surface area contributed by atoms with Gasteiger partial charge in [-0.3, -0.25) is 4.79 Å². The summed E-state index contributed by atoms with van der Waals surface area (Å²) in [6.45, 7) is 4.48. The van der Waals surface area contributed by atoms with Gasteiger partial charge < -0.3 is 14.9 Å². The third-order valence-corrected chi connectivity index (χ3v) is 4.62. The molecule has 1 N–H and O–H groups in total. The minimum atomic E-state index is 0.146. The Morgan fingerprint density at radius 3 is 2.60 bits per heavy atom. The molecule has 0 bridgehead atoms. The molecule has 1 heterocycles. The number of carbonyl (C=O) groups is 1. The fraction of sp³-hybridized carbons (Fsp3) is 0.533. The lowest BCUT2D eigenvalue weighted by atomic mass is 10.2. The van der Waals surface area contributed by atoms with Crippen LogP contribution in [0.15, 0.2) is 24.3 Å². The Labute approximate surface area is 128 Å². The highest BCUT2D eigenvalue weighted by molar-refractivity contribution is 9.09. The molecule has 0 aliphatic carbocycles. The fourth-order valence-corrected chi connectivity index (χ4v) is 3.00. The van der Waals surface area contributed by atoms with Gasteiger partial charge in [0.15, 0.2) is 0 Å². The number of halogens is 1. The highest BCUT2D eigenvalue weighted by Gasteiger charge is 2.29. The van der Waals surface area contributed by atoms with Crippen molar-refractivity contribution < 1.29 is 9.90 Å². The predicted octanol–water partition coefficient (Wildman–Crippen LogP) is 2.25. The quantitative estimate of drug-likeness (QED) is 0.808. The van der Waals surface area contributed by atoms with Crippen LogP contribution in [0.25, 0.3) is 0 Å². The van der Waals surface area contributed by atoms with Crippen molar-refractivity contribution in [1.29, 1.82) is 0 Å². The third-order valence-electron chi connectivity index (χ3n) is 3.70. The fourth-order valence-electron chi connectivity index (χ4n) is 2.57. The Hall–Kier alpha value is -1.07. The number of hydrogen-bond donors (Lipinski definition) is 1. The second kappa shape index (κ2) is 7.09. The number of likely N-dealkylation sites (N-methyl/N-ethyl adjacent to an activating group) is 1. The molecule has 4 nitrogen and oxygen atoms in total. The molecule has 1 atom stereocenters. The third kappa shape index (κ3) is 3.33. The second-order valence-corrected chi connectivity index (χ2v) is 5.70. The van der Waals surface area contributed by atoms with Gasteiger partial charge in [0.05, 0.1) is 6.61 Å². The van der Waals surface area contributed by atoms with E-state index in [9.17, 15) is 4.79 Å². The number of benzene rings is 1. The summed E-state index contributed by atoms with van der Waals surface area (Å²) >= 11 is 3.45. The standard InChI is InChI=1S/C15H21BrN2O2/c1-2-17(7-8-19)13-3-5-14(6-4-13)18-11-12(10-16)9-15(18)20/h3-6,12,19H,2,7-11H2,1H3. The summed E-state index contributed by atoms with van der Waals surface area (Å²) in [5.41, 5.74) is 2.04. The molecule has 1 aliphatic rings. The zero-order valence-electron chi connectivity index (χ0n) is 11.8. The number of rotatable bonds is 6. The number of aliphatic hydroxyl groups is 1. The van der Waals surface area contributed by atoms with E-state index < -0.39 is 0 Å². The molecule has 1 aliphatic heterocycles. The number of alkyl halides is 1. The van der Waals surface area contributed by atoms with E-state index in [0.29, 0.717) is 18.9 Å². The molecule has 0 aromatic heterocycles. The maximum absolute atomic E-state index is 12.0. The lowest BCUT2D eigenvalue weighted by Gasteiger charge is -2.23. The summed E-state index contributed by atoms with van der Waals surface area (Å²) in [5, 5.41) is 9.92. The minimum Gasteiger partial charge on any atom is -0.395 e. The van der Waals surface area contributed by atoms with Crippen molar-refractivity contribution in [2.45, 2.75) is 13.3 Å². The molecular weight excluding hydrogens is 320 g/mol. The van der Waals surface area contributed by atoms with Crippen LogP contribution in [0.3, 0.4) is 0 Å².